The molecule has 0 saturated heterocycles. The summed E-state index contributed by atoms with van der Waals surface area (Å²) >= 11 is 0. The van der Waals surface area contributed by atoms with Crippen molar-refractivity contribution in [1.29, 1.82) is 0 Å². The minimum Gasteiger partial charge on any atom is -0.201 e. The number of aromatic nitrogens is 1. The van der Waals surface area contributed by atoms with Gasteiger partial charge in [-0.2, -0.15) is 0 Å². The molecule has 0 bridgehead atoms. The first-order valence-corrected chi connectivity index (χ1v) is 5.91. The molecule has 2 rings (SSSR count). The molecule has 1 nitrogen and oxygen atoms in total. The Bertz CT molecular complexity index is 670. The van der Waals surface area contributed by atoms with E-state index in [1.54, 1.807) is 6.08 Å². The monoisotopic (exact) mass is 234 g/mol. The number of hydrogen-bond donors (Lipinski definition) is 0. The number of hydrogen-bond acceptors (Lipinski definition) is 0. The van der Waals surface area contributed by atoms with Gasteiger partial charge in [-0.25, -0.2) is 4.57 Å². The Morgan fingerprint density at radius 2 is 2.06 bits per heavy atom. The summed E-state index contributed by atoms with van der Waals surface area (Å²) in [6.07, 6.45) is 12.9. The summed E-state index contributed by atoms with van der Waals surface area (Å²) in [7, 11) is 2.06. The van der Waals surface area contributed by atoms with Gasteiger partial charge >= 0.3 is 0 Å². The van der Waals surface area contributed by atoms with Crippen molar-refractivity contribution in [3.63, 3.8) is 0 Å². The van der Waals surface area contributed by atoms with Crippen molar-refractivity contribution in [1.82, 2.24) is 0 Å². The minimum absolute atomic E-state index is 1.20. The lowest BCUT2D eigenvalue weighted by atomic mass is 10.0. The molecule has 1 heterocycles. The fraction of sp³-hybridized carbons (Fsp3) is 0.118. The number of aryl methyl sites for hydroxylation is 1. The standard InChI is InChI=1S/C17H16N/c1-4-5-6-9-14(2)17-16-11-8-7-10-15(16)12-13-18(17)3/h1,5-13H,2-3H3/q+1/b6-5-,14-9?. The van der Waals surface area contributed by atoms with Gasteiger partial charge in [0.15, 0.2) is 6.20 Å². The van der Waals surface area contributed by atoms with Crippen LogP contribution in [0.2, 0.25) is 0 Å². The second kappa shape index (κ2) is 5.33. The van der Waals surface area contributed by atoms with E-state index < -0.39 is 0 Å². The van der Waals surface area contributed by atoms with Gasteiger partial charge in [0.05, 0.1) is 5.39 Å². The summed E-state index contributed by atoms with van der Waals surface area (Å²) in [5.74, 6) is 2.49. The molecule has 0 radical (unpaired) electrons. The van der Waals surface area contributed by atoms with E-state index >= 15 is 0 Å². The molecular formula is C17H16N+. The van der Waals surface area contributed by atoms with Crippen molar-refractivity contribution in [3.05, 3.63) is 60.5 Å². The van der Waals surface area contributed by atoms with Gasteiger partial charge in [-0.15, -0.1) is 6.42 Å². The number of allylic oxidation sites excluding steroid dienone is 4. The van der Waals surface area contributed by atoms with Crippen LogP contribution in [-0.4, -0.2) is 0 Å². The molecule has 1 heteroatoms. The molecule has 1 aromatic carbocycles. The van der Waals surface area contributed by atoms with E-state index in [0.29, 0.717) is 0 Å². The van der Waals surface area contributed by atoms with Crippen LogP contribution in [0.25, 0.3) is 16.3 Å². The summed E-state index contributed by atoms with van der Waals surface area (Å²) in [5.41, 5.74) is 2.41. The maximum absolute atomic E-state index is 5.20. The summed E-state index contributed by atoms with van der Waals surface area (Å²) < 4.78 is 2.14. The molecule has 0 fully saturated rings. The lowest BCUT2D eigenvalue weighted by molar-refractivity contribution is -0.672. The number of benzene rings is 1. The van der Waals surface area contributed by atoms with Gasteiger partial charge in [-0.05, 0) is 24.5 Å². The third kappa shape index (κ3) is 2.33. The molecule has 0 N–H and O–H groups in total. The number of terminal acetylenes is 1. The van der Waals surface area contributed by atoms with Gasteiger partial charge < -0.3 is 0 Å². The highest BCUT2D eigenvalue weighted by atomic mass is 14.9. The van der Waals surface area contributed by atoms with E-state index in [1.165, 1.54) is 22.0 Å². The first kappa shape index (κ1) is 12.1. The quantitative estimate of drug-likeness (QED) is 0.426. The number of nitrogens with zero attached hydrogens (tertiary/aromatic N) is 1. The fourth-order valence-corrected chi connectivity index (χ4v) is 2.13. The van der Waals surface area contributed by atoms with Crippen LogP contribution in [0.15, 0.2) is 54.8 Å². The molecule has 88 valence electrons. The number of pyridine rings is 1. The van der Waals surface area contributed by atoms with E-state index in [4.69, 9.17) is 6.42 Å². The molecular weight excluding hydrogens is 218 g/mol. The Hall–Kier alpha value is -2.33. The van der Waals surface area contributed by atoms with Crippen LogP contribution in [-0.2, 0) is 7.05 Å². The largest absolute Gasteiger partial charge is 0.215 e. The molecule has 0 aliphatic carbocycles. The first-order chi connectivity index (χ1) is 8.74. The highest BCUT2D eigenvalue weighted by Crippen LogP contribution is 2.21. The maximum Gasteiger partial charge on any atom is 0.215 e. The van der Waals surface area contributed by atoms with Crippen LogP contribution in [0.5, 0.6) is 0 Å². The Balaban J connectivity index is 2.63. The summed E-state index contributed by atoms with van der Waals surface area (Å²) in [6.45, 7) is 2.10. The van der Waals surface area contributed by atoms with Crippen molar-refractivity contribution in [2.45, 2.75) is 6.92 Å². The minimum atomic E-state index is 1.20. The maximum atomic E-state index is 5.20. The van der Waals surface area contributed by atoms with Gasteiger partial charge in [0, 0.05) is 11.6 Å². The first-order valence-electron chi connectivity index (χ1n) is 5.91. The zero-order valence-electron chi connectivity index (χ0n) is 10.7. The van der Waals surface area contributed by atoms with Crippen molar-refractivity contribution in [2.24, 2.45) is 7.05 Å². The predicted octanol–water partition coefficient (Wildman–Crippen LogP) is 3.26. The van der Waals surface area contributed by atoms with E-state index in [1.807, 2.05) is 12.2 Å². The van der Waals surface area contributed by atoms with Crippen molar-refractivity contribution in [2.75, 3.05) is 0 Å². The highest BCUT2D eigenvalue weighted by molar-refractivity contribution is 5.90. The second-order valence-corrected chi connectivity index (χ2v) is 4.24. The fourth-order valence-electron chi connectivity index (χ4n) is 2.13. The van der Waals surface area contributed by atoms with Gasteiger partial charge in [0.25, 0.3) is 0 Å². The van der Waals surface area contributed by atoms with Gasteiger partial charge in [-0.3, -0.25) is 0 Å². The summed E-state index contributed by atoms with van der Waals surface area (Å²) in [6, 6.07) is 10.5. The Morgan fingerprint density at radius 1 is 1.28 bits per heavy atom. The topological polar surface area (TPSA) is 3.88 Å². The molecule has 0 aliphatic rings. The van der Waals surface area contributed by atoms with Crippen LogP contribution in [0, 0.1) is 12.3 Å². The van der Waals surface area contributed by atoms with Crippen LogP contribution in [0.4, 0.5) is 0 Å². The molecule has 2 aromatic rings. The lowest BCUT2D eigenvalue weighted by Gasteiger charge is -2.04. The van der Waals surface area contributed by atoms with E-state index in [9.17, 15) is 0 Å². The molecule has 0 aliphatic heterocycles. The summed E-state index contributed by atoms with van der Waals surface area (Å²) in [5, 5.41) is 2.50. The molecule has 1 aromatic heterocycles. The Morgan fingerprint density at radius 3 is 2.83 bits per heavy atom. The van der Waals surface area contributed by atoms with Crippen LogP contribution in [0.3, 0.4) is 0 Å². The SMILES string of the molecule is C#C/C=C\C=C(C)c1c2ccccc2cc[n+]1C. The van der Waals surface area contributed by atoms with Crippen LogP contribution < -0.4 is 4.57 Å². The summed E-state index contributed by atoms with van der Waals surface area (Å²) in [4.78, 5) is 0. The molecule has 0 amide bonds. The van der Waals surface area contributed by atoms with Gasteiger partial charge in [0.1, 0.15) is 7.05 Å². The lowest BCUT2D eigenvalue weighted by Crippen LogP contribution is -2.32. The Kier molecular flexibility index (Phi) is 3.60. The molecule has 0 atom stereocenters. The zero-order chi connectivity index (χ0) is 13.0. The third-order valence-electron chi connectivity index (χ3n) is 2.96. The molecule has 0 spiro atoms. The molecule has 0 unspecified atom stereocenters. The van der Waals surface area contributed by atoms with Crippen molar-refractivity contribution >= 4 is 16.3 Å². The molecule has 18 heavy (non-hydrogen) atoms. The van der Waals surface area contributed by atoms with E-state index in [2.05, 4.69) is 61.0 Å². The average Bonchev–Trinajstić information content (AvgIpc) is 2.38. The number of rotatable bonds is 2. The molecule has 0 saturated carbocycles. The smallest absolute Gasteiger partial charge is 0.201 e. The number of fused-ring (bicyclic) bond motifs is 1. The van der Waals surface area contributed by atoms with E-state index in [0.717, 1.165) is 0 Å². The average molecular weight is 234 g/mol. The predicted molar refractivity (Wildman–Crippen MR) is 76.7 cm³/mol. The van der Waals surface area contributed by atoms with Gasteiger partial charge in [0.2, 0.25) is 5.69 Å². The third-order valence-corrected chi connectivity index (χ3v) is 2.96. The van der Waals surface area contributed by atoms with Crippen molar-refractivity contribution < 1.29 is 4.57 Å². The van der Waals surface area contributed by atoms with E-state index in [-0.39, 0.29) is 0 Å². The van der Waals surface area contributed by atoms with Crippen molar-refractivity contribution in [3.8, 4) is 12.3 Å². The normalized spacial score (nSPS) is 11.9. The van der Waals surface area contributed by atoms with Gasteiger partial charge in [-0.1, -0.05) is 36.3 Å². The van der Waals surface area contributed by atoms with Crippen LogP contribution >= 0.6 is 0 Å². The van der Waals surface area contributed by atoms with Crippen LogP contribution in [0.1, 0.15) is 12.6 Å². The second-order valence-electron chi connectivity index (χ2n) is 4.24. The zero-order valence-corrected chi connectivity index (χ0v) is 10.7. The Labute approximate surface area is 108 Å². The highest BCUT2D eigenvalue weighted by Gasteiger charge is 2.12.